The van der Waals surface area contributed by atoms with E-state index in [1.54, 1.807) is 0 Å². The number of imidazole rings is 1. The van der Waals surface area contributed by atoms with Gasteiger partial charge in [-0.2, -0.15) is 0 Å². The van der Waals surface area contributed by atoms with Gasteiger partial charge in [0.1, 0.15) is 5.82 Å². The molecule has 0 N–H and O–H groups in total. The van der Waals surface area contributed by atoms with Crippen LogP contribution in [0.2, 0.25) is 0 Å². The van der Waals surface area contributed by atoms with Gasteiger partial charge in [-0.25, -0.2) is 4.98 Å². The van der Waals surface area contributed by atoms with Crippen molar-refractivity contribution in [3.63, 3.8) is 0 Å². The lowest BCUT2D eigenvalue weighted by molar-refractivity contribution is 0.794. The van der Waals surface area contributed by atoms with Gasteiger partial charge in [0.15, 0.2) is 0 Å². The van der Waals surface area contributed by atoms with E-state index in [4.69, 9.17) is 4.98 Å². The van der Waals surface area contributed by atoms with Gasteiger partial charge >= 0.3 is 0 Å². The first-order valence-corrected chi connectivity index (χ1v) is 18.5. The molecule has 3 nitrogen and oxygen atoms in total. The normalized spacial score (nSPS) is 13.4. The summed E-state index contributed by atoms with van der Waals surface area (Å²) < 4.78 is 1.81. The summed E-state index contributed by atoms with van der Waals surface area (Å²) >= 11 is 0. The van der Waals surface area contributed by atoms with Gasteiger partial charge in [-0.15, -0.1) is 0 Å². The SMILES string of the molecule is O=c1c2ccccc2c2cc(-c3cccc(-c4cccc5c4-c4ccccc4C54c5ccccc5-c5ccccc54)c3)cc3nc(-c4ccccc4)n1c32. The molecule has 10 aromatic rings. The first-order chi connectivity index (χ1) is 26.7. The van der Waals surface area contributed by atoms with E-state index >= 15 is 0 Å². The lowest BCUT2D eigenvalue weighted by Crippen LogP contribution is -2.25. The van der Waals surface area contributed by atoms with Gasteiger partial charge < -0.3 is 0 Å². The molecular formula is C51H30N2O. The molecule has 1 spiro atoms. The Labute approximate surface area is 311 Å². The zero-order valence-corrected chi connectivity index (χ0v) is 29.1. The lowest BCUT2D eigenvalue weighted by Gasteiger charge is -2.30. The van der Waals surface area contributed by atoms with E-state index in [2.05, 4.69) is 133 Å². The first kappa shape index (κ1) is 29.5. The van der Waals surface area contributed by atoms with Crippen LogP contribution in [0.15, 0.2) is 187 Å². The van der Waals surface area contributed by atoms with E-state index in [0.29, 0.717) is 11.2 Å². The molecule has 2 aromatic heterocycles. The number of rotatable bonds is 3. The Morgan fingerprint density at radius 3 is 1.72 bits per heavy atom. The standard InChI is InChI=1S/C51H30N2O/c54-50-39-21-5-4-18-36(39)41-29-34(30-46-48(41)53(50)49(52-46)31-14-2-1-3-15-31)32-16-12-17-33(28-32)35-23-13-27-45-47(35)40-22-8-11-26-44(40)51(45)42-24-9-6-19-37(42)38-20-7-10-25-43(38)51/h1-30H. The van der Waals surface area contributed by atoms with Crippen LogP contribution in [0.3, 0.4) is 0 Å². The Bertz CT molecular complexity index is 3200. The van der Waals surface area contributed by atoms with Crippen molar-refractivity contribution < 1.29 is 0 Å². The average molecular weight is 687 g/mol. The number of aromatic nitrogens is 2. The number of pyridine rings is 1. The van der Waals surface area contributed by atoms with Crippen molar-refractivity contribution in [1.29, 1.82) is 0 Å². The number of hydrogen-bond acceptors (Lipinski definition) is 2. The Hall–Kier alpha value is -7.10. The predicted molar refractivity (Wildman–Crippen MR) is 220 cm³/mol. The van der Waals surface area contributed by atoms with Gasteiger partial charge in [0.25, 0.3) is 5.56 Å². The fourth-order valence-electron chi connectivity index (χ4n) is 9.84. The van der Waals surface area contributed by atoms with Gasteiger partial charge in [0.05, 0.1) is 16.4 Å². The molecule has 54 heavy (non-hydrogen) atoms. The minimum absolute atomic E-state index is 0.0438. The van der Waals surface area contributed by atoms with Gasteiger partial charge in [-0.05, 0) is 96.4 Å². The Morgan fingerprint density at radius 1 is 0.407 bits per heavy atom. The van der Waals surface area contributed by atoms with Crippen molar-refractivity contribution in [2.24, 2.45) is 0 Å². The van der Waals surface area contributed by atoms with Crippen molar-refractivity contribution in [2.75, 3.05) is 0 Å². The second-order valence-corrected chi connectivity index (χ2v) is 14.6. The zero-order valence-electron chi connectivity index (χ0n) is 29.1. The van der Waals surface area contributed by atoms with Crippen LogP contribution in [0.25, 0.3) is 83.1 Å². The summed E-state index contributed by atoms with van der Waals surface area (Å²) in [6.07, 6.45) is 0. The summed E-state index contributed by atoms with van der Waals surface area (Å²) in [6.45, 7) is 0. The van der Waals surface area contributed by atoms with Crippen molar-refractivity contribution in [1.82, 2.24) is 9.38 Å². The molecule has 2 heterocycles. The number of fused-ring (bicyclic) bond motifs is 12. The van der Waals surface area contributed by atoms with Crippen LogP contribution < -0.4 is 5.56 Å². The highest BCUT2D eigenvalue weighted by molar-refractivity contribution is 6.13. The second kappa shape index (κ2) is 10.7. The summed E-state index contributed by atoms with van der Waals surface area (Å²) in [6, 6.07) is 65.0. The topological polar surface area (TPSA) is 34.4 Å². The highest BCUT2D eigenvalue weighted by Crippen LogP contribution is 2.63. The van der Waals surface area contributed by atoms with Crippen molar-refractivity contribution in [3.8, 4) is 55.9 Å². The maximum absolute atomic E-state index is 14.0. The van der Waals surface area contributed by atoms with Crippen LogP contribution >= 0.6 is 0 Å². The number of benzene rings is 8. The molecule has 250 valence electrons. The fourth-order valence-corrected chi connectivity index (χ4v) is 9.84. The van der Waals surface area contributed by atoms with E-state index in [0.717, 1.165) is 44.1 Å². The van der Waals surface area contributed by atoms with E-state index in [9.17, 15) is 4.79 Å². The Kier molecular flexibility index (Phi) is 5.85. The zero-order chi connectivity index (χ0) is 35.5. The molecular weight excluding hydrogens is 657 g/mol. The highest BCUT2D eigenvalue weighted by atomic mass is 16.1. The van der Waals surface area contributed by atoms with Crippen molar-refractivity contribution in [3.05, 3.63) is 215 Å². The summed E-state index contributed by atoms with van der Waals surface area (Å²) in [5.41, 5.74) is 17.3. The van der Waals surface area contributed by atoms with Crippen LogP contribution in [0.1, 0.15) is 22.3 Å². The first-order valence-electron chi connectivity index (χ1n) is 18.5. The van der Waals surface area contributed by atoms with Crippen molar-refractivity contribution in [2.45, 2.75) is 5.41 Å². The average Bonchev–Trinajstić information content (AvgIpc) is 3.88. The Morgan fingerprint density at radius 2 is 0.963 bits per heavy atom. The molecule has 2 aliphatic carbocycles. The smallest absolute Gasteiger partial charge is 0.264 e. The van der Waals surface area contributed by atoms with Gasteiger partial charge in [-0.1, -0.05) is 158 Å². The second-order valence-electron chi connectivity index (χ2n) is 14.6. The maximum Gasteiger partial charge on any atom is 0.264 e. The van der Waals surface area contributed by atoms with Gasteiger partial charge in [0, 0.05) is 16.3 Å². The summed E-state index contributed by atoms with van der Waals surface area (Å²) in [5.74, 6) is 0.666. The van der Waals surface area contributed by atoms with E-state index in [-0.39, 0.29) is 11.0 Å². The van der Waals surface area contributed by atoms with Crippen LogP contribution in [0.5, 0.6) is 0 Å². The van der Waals surface area contributed by atoms with Crippen LogP contribution in [0, 0.1) is 0 Å². The van der Waals surface area contributed by atoms with Gasteiger partial charge in [-0.3, -0.25) is 9.20 Å². The Balaban J connectivity index is 1.09. The third-order valence-electron chi connectivity index (χ3n) is 12.0. The molecule has 0 saturated carbocycles. The summed E-state index contributed by atoms with van der Waals surface area (Å²) in [7, 11) is 0. The molecule has 0 bridgehead atoms. The highest BCUT2D eigenvalue weighted by Gasteiger charge is 2.51. The third kappa shape index (κ3) is 3.70. The van der Waals surface area contributed by atoms with Gasteiger partial charge in [0.2, 0.25) is 0 Å². The molecule has 0 atom stereocenters. The van der Waals surface area contributed by atoms with E-state index < -0.39 is 0 Å². The quantitative estimate of drug-likeness (QED) is 0.173. The summed E-state index contributed by atoms with van der Waals surface area (Å²) in [4.78, 5) is 19.2. The fraction of sp³-hybridized carbons (Fsp3) is 0.0196. The van der Waals surface area contributed by atoms with Crippen molar-refractivity contribution >= 4 is 27.2 Å². The number of nitrogens with zero attached hydrogens (tertiary/aromatic N) is 2. The molecule has 0 radical (unpaired) electrons. The maximum atomic E-state index is 14.0. The monoisotopic (exact) mass is 686 g/mol. The van der Waals surface area contributed by atoms with Crippen LogP contribution in [-0.4, -0.2) is 9.38 Å². The third-order valence-corrected chi connectivity index (χ3v) is 12.0. The lowest BCUT2D eigenvalue weighted by atomic mass is 9.70. The molecule has 12 rings (SSSR count). The largest absolute Gasteiger partial charge is 0.268 e. The molecule has 0 amide bonds. The molecule has 0 fully saturated rings. The van der Waals surface area contributed by atoms with E-state index in [1.165, 1.54) is 50.1 Å². The van der Waals surface area contributed by atoms with E-state index in [1.807, 2.05) is 52.9 Å². The molecule has 3 heteroatoms. The van der Waals surface area contributed by atoms with Crippen LogP contribution in [-0.2, 0) is 5.41 Å². The predicted octanol–water partition coefficient (Wildman–Crippen LogP) is 11.8. The minimum atomic E-state index is -0.388. The molecule has 0 unspecified atom stereocenters. The number of hydrogen-bond donors (Lipinski definition) is 0. The molecule has 8 aromatic carbocycles. The summed E-state index contributed by atoms with van der Waals surface area (Å²) in [5, 5.41) is 2.65. The van der Waals surface area contributed by atoms with Crippen LogP contribution in [0.4, 0.5) is 0 Å². The minimum Gasteiger partial charge on any atom is -0.268 e. The molecule has 0 saturated heterocycles. The molecule has 2 aliphatic rings. The molecule has 0 aliphatic heterocycles.